The van der Waals surface area contributed by atoms with Crippen LogP contribution in [-0.2, 0) is 6.18 Å². The molecule has 0 unspecified atom stereocenters. The van der Waals surface area contributed by atoms with Crippen LogP contribution in [0.15, 0.2) is 45.7 Å². The normalized spacial score (nSPS) is 11.6. The van der Waals surface area contributed by atoms with E-state index in [0.717, 1.165) is 24.3 Å². The van der Waals surface area contributed by atoms with E-state index >= 15 is 0 Å². The van der Waals surface area contributed by atoms with Gasteiger partial charge in [0.25, 0.3) is 0 Å². The lowest BCUT2D eigenvalue weighted by molar-refractivity contribution is -0.137. The molecular formula is C12H6BrF3O2. The molecule has 0 aliphatic heterocycles. The Morgan fingerprint density at radius 1 is 1.11 bits per heavy atom. The first kappa shape index (κ1) is 12.9. The van der Waals surface area contributed by atoms with Gasteiger partial charge in [-0.25, -0.2) is 0 Å². The Labute approximate surface area is 109 Å². The van der Waals surface area contributed by atoms with Crippen LogP contribution in [0, 0.1) is 0 Å². The molecule has 2 aromatic rings. The maximum Gasteiger partial charge on any atom is 0.416 e. The number of hydrogen-bond acceptors (Lipinski definition) is 2. The predicted octanol–water partition coefficient (Wildman–Crippen LogP) is 4.29. The summed E-state index contributed by atoms with van der Waals surface area (Å²) in [6, 6.07) is 5.49. The summed E-state index contributed by atoms with van der Waals surface area (Å²) in [5, 5.41) is 0. The van der Waals surface area contributed by atoms with Crippen molar-refractivity contribution in [1.82, 2.24) is 0 Å². The van der Waals surface area contributed by atoms with Gasteiger partial charge >= 0.3 is 6.18 Å². The molecule has 0 N–H and O–H groups in total. The summed E-state index contributed by atoms with van der Waals surface area (Å²) in [6.07, 6.45) is -3.08. The first-order chi connectivity index (χ1) is 8.39. The maximum absolute atomic E-state index is 12.4. The van der Waals surface area contributed by atoms with Gasteiger partial charge in [-0.15, -0.1) is 0 Å². The third-order valence-corrected chi connectivity index (χ3v) is 2.95. The second kappa shape index (κ2) is 4.61. The molecule has 0 spiro atoms. The van der Waals surface area contributed by atoms with Gasteiger partial charge in [0.1, 0.15) is 0 Å². The lowest BCUT2D eigenvalue weighted by Gasteiger charge is -2.06. The molecule has 0 saturated carbocycles. The Balaban J connectivity index is 2.31. The number of halogens is 4. The molecule has 0 saturated heterocycles. The molecule has 0 bridgehead atoms. The van der Waals surface area contributed by atoms with E-state index < -0.39 is 17.5 Å². The summed E-state index contributed by atoms with van der Waals surface area (Å²) >= 11 is 3.04. The third kappa shape index (κ3) is 2.48. The van der Waals surface area contributed by atoms with Gasteiger partial charge in [0, 0.05) is 5.56 Å². The molecular weight excluding hydrogens is 313 g/mol. The largest absolute Gasteiger partial charge is 0.457 e. The zero-order valence-electron chi connectivity index (χ0n) is 8.79. The fourth-order valence-corrected chi connectivity index (χ4v) is 1.84. The summed E-state index contributed by atoms with van der Waals surface area (Å²) in [5.74, 6) is -0.399. The second-order valence-corrected chi connectivity index (χ2v) is 4.23. The van der Waals surface area contributed by atoms with Gasteiger partial charge in [0.2, 0.25) is 0 Å². The Kier molecular flexibility index (Phi) is 3.30. The van der Waals surface area contributed by atoms with Gasteiger partial charge in [-0.2, -0.15) is 13.2 Å². The Morgan fingerprint density at radius 2 is 1.72 bits per heavy atom. The summed E-state index contributed by atoms with van der Waals surface area (Å²) < 4.78 is 42.2. The van der Waals surface area contributed by atoms with Crippen molar-refractivity contribution < 1.29 is 22.4 Å². The van der Waals surface area contributed by atoms with Gasteiger partial charge < -0.3 is 4.42 Å². The van der Waals surface area contributed by atoms with E-state index in [1.165, 1.54) is 12.3 Å². The minimum absolute atomic E-state index is 0.171. The monoisotopic (exact) mass is 318 g/mol. The van der Waals surface area contributed by atoms with E-state index in [1.54, 1.807) is 0 Å². The smallest absolute Gasteiger partial charge is 0.416 e. The van der Waals surface area contributed by atoms with E-state index in [9.17, 15) is 18.0 Å². The zero-order valence-corrected chi connectivity index (χ0v) is 10.4. The molecule has 1 aromatic heterocycles. The molecule has 6 heteroatoms. The average molecular weight is 319 g/mol. The molecule has 0 amide bonds. The molecule has 18 heavy (non-hydrogen) atoms. The highest BCUT2D eigenvalue weighted by Gasteiger charge is 2.30. The number of benzene rings is 1. The highest BCUT2D eigenvalue weighted by atomic mass is 79.9. The lowest BCUT2D eigenvalue weighted by Crippen LogP contribution is -2.06. The number of alkyl halides is 3. The quantitative estimate of drug-likeness (QED) is 0.773. The van der Waals surface area contributed by atoms with Gasteiger partial charge in [-0.3, -0.25) is 4.79 Å². The summed E-state index contributed by atoms with van der Waals surface area (Å²) in [6.45, 7) is 0. The molecule has 0 fully saturated rings. The first-order valence-corrected chi connectivity index (χ1v) is 5.64. The van der Waals surface area contributed by atoms with Crippen LogP contribution in [0.2, 0.25) is 0 Å². The second-order valence-electron chi connectivity index (χ2n) is 3.51. The van der Waals surface area contributed by atoms with Crippen molar-refractivity contribution in [2.75, 3.05) is 0 Å². The molecule has 1 aromatic carbocycles. The number of furan rings is 1. The van der Waals surface area contributed by atoms with Gasteiger partial charge in [0.05, 0.1) is 17.4 Å². The van der Waals surface area contributed by atoms with Crippen LogP contribution >= 0.6 is 15.9 Å². The Hall–Kier alpha value is -1.56. The molecule has 1 heterocycles. The predicted molar refractivity (Wildman–Crippen MR) is 61.3 cm³/mol. The SMILES string of the molecule is O=C(c1ccc(C(F)(F)F)cc1)c1ccoc1Br. The molecule has 2 nitrogen and oxygen atoms in total. The van der Waals surface area contributed by atoms with Crippen molar-refractivity contribution in [2.24, 2.45) is 0 Å². The van der Waals surface area contributed by atoms with Crippen LogP contribution < -0.4 is 0 Å². The van der Waals surface area contributed by atoms with Crippen LogP contribution in [0.3, 0.4) is 0 Å². The average Bonchev–Trinajstić information content (AvgIpc) is 2.73. The minimum atomic E-state index is -4.40. The van der Waals surface area contributed by atoms with Crippen LogP contribution in [0.5, 0.6) is 0 Å². The van der Waals surface area contributed by atoms with E-state index in [1.807, 2.05) is 0 Å². The number of ketones is 1. The molecule has 94 valence electrons. The van der Waals surface area contributed by atoms with Crippen molar-refractivity contribution in [3.63, 3.8) is 0 Å². The number of carbonyl (C=O) groups is 1. The maximum atomic E-state index is 12.4. The molecule has 0 radical (unpaired) electrons. The third-order valence-electron chi connectivity index (χ3n) is 2.34. The molecule has 0 aliphatic carbocycles. The lowest BCUT2D eigenvalue weighted by atomic mass is 10.0. The van der Waals surface area contributed by atoms with E-state index in [0.29, 0.717) is 0 Å². The summed E-state index contributed by atoms with van der Waals surface area (Å²) in [7, 11) is 0. The number of hydrogen-bond donors (Lipinski definition) is 0. The van der Waals surface area contributed by atoms with Crippen LogP contribution in [0.4, 0.5) is 13.2 Å². The fourth-order valence-electron chi connectivity index (χ4n) is 1.42. The fraction of sp³-hybridized carbons (Fsp3) is 0.0833. The standard InChI is InChI=1S/C12H6BrF3O2/c13-11-9(5-6-18-11)10(17)7-1-3-8(4-2-7)12(14,15)16/h1-6H. The highest BCUT2D eigenvalue weighted by molar-refractivity contribution is 9.10. The van der Waals surface area contributed by atoms with Crippen molar-refractivity contribution >= 4 is 21.7 Å². The molecule has 0 aliphatic rings. The zero-order chi connectivity index (χ0) is 13.3. The van der Waals surface area contributed by atoms with Gasteiger partial charge in [-0.1, -0.05) is 12.1 Å². The number of carbonyl (C=O) groups excluding carboxylic acids is 1. The van der Waals surface area contributed by atoms with Crippen LogP contribution in [-0.4, -0.2) is 5.78 Å². The van der Waals surface area contributed by atoms with E-state index in [4.69, 9.17) is 4.42 Å². The summed E-state index contributed by atoms with van der Waals surface area (Å²) in [5.41, 5.74) is -0.342. The summed E-state index contributed by atoms with van der Waals surface area (Å²) in [4.78, 5) is 11.9. The Morgan fingerprint density at radius 3 is 2.17 bits per heavy atom. The molecule has 0 atom stereocenters. The Bertz CT molecular complexity index is 570. The van der Waals surface area contributed by atoms with Gasteiger partial charge in [0.15, 0.2) is 10.5 Å². The van der Waals surface area contributed by atoms with E-state index in [-0.39, 0.29) is 15.8 Å². The highest BCUT2D eigenvalue weighted by Crippen LogP contribution is 2.29. The molecule has 2 rings (SSSR count). The van der Waals surface area contributed by atoms with E-state index in [2.05, 4.69) is 15.9 Å². The van der Waals surface area contributed by atoms with Crippen molar-refractivity contribution in [3.8, 4) is 0 Å². The van der Waals surface area contributed by atoms with Crippen LogP contribution in [0.25, 0.3) is 0 Å². The van der Waals surface area contributed by atoms with Crippen molar-refractivity contribution in [1.29, 1.82) is 0 Å². The number of rotatable bonds is 2. The first-order valence-electron chi connectivity index (χ1n) is 4.84. The van der Waals surface area contributed by atoms with Crippen molar-refractivity contribution in [3.05, 3.63) is 58.0 Å². The van der Waals surface area contributed by atoms with Crippen LogP contribution in [0.1, 0.15) is 21.5 Å². The van der Waals surface area contributed by atoms with Gasteiger partial charge in [-0.05, 0) is 34.1 Å². The van der Waals surface area contributed by atoms with Crippen molar-refractivity contribution in [2.45, 2.75) is 6.18 Å². The minimum Gasteiger partial charge on any atom is -0.457 e. The topological polar surface area (TPSA) is 30.2 Å².